The van der Waals surface area contributed by atoms with E-state index in [1.54, 1.807) is 6.21 Å². The molecule has 0 bridgehead atoms. The van der Waals surface area contributed by atoms with Crippen LogP contribution in [-0.4, -0.2) is 22.3 Å². The van der Waals surface area contributed by atoms with E-state index in [-0.39, 0.29) is 22.9 Å². The number of non-ortho nitro benzene ring substituents is 1. The van der Waals surface area contributed by atoms with Crippen LogP contribution < -0.4 is 0 Å². The monoisotopic (exact) mass is 424 g/mol. The number of phenols is 1. The summed E-state index contributed by atoms with van der Waals surface area (Å²) in [7, 11) is 0. The van der Waals surface area contributed by atoms with Gasteiger partial charge in [0.2, 0.25) is 0 Å². The van der Waals surface area contributed by atoms with E-state index in [9.17, 15) is 15.2 Å². The minimum Gasteiger partial charge on any atom is -0.507 e. The molecule has 4 aliphatic rings. The zero-order valence-electron chi connectivity index (χ0n) is 18.9. The fourth-order valence-corrected chi connectivity index (χ4v) is 8.44. The number of nitro benzene ring substituents is 1. The number of benzene rings is 1. The standard InChI is InChI=1S/C26H36N2O3/c1-25-13-4-3-5-18(25)6-8-20-21-9-11-24(26(21,2)14-12-22(20)25)27-16-17-15-19(28(30)31)7-10-23(17)29/h7,10,15-16,18,20-22,24,29H,3-6,8-9,11-14H2,1-2H3/t18-,20-,21-,22-,24-,25-,26-/m0/s1. The van der Waals surface area contributed by atoms with Gasteiger partial charge in [-0.1, -0.05) is 26.7 Å². The van der Waals surface area contributed by atoms with E-state index in [0.717, 1.165) is 30.1 Å². The fraction of sp³-hybridized carbons (Fsp3) is 0.731. The Hall–Kier alpha value is -1.91. The summed E-state index contributed by atoms with van der Waals surface area (Å²) >= 11 is 0. The van der Waals surface area contributed by atoms with Gasteiger partial charge in [0.25, 0.3) is 5.69 Å². The van der Waals surface area contributed by atoms with Gasteiger partial charge in [0.1, 0.15) is 5.75 Å². The predicted octanol–water partition coefficient (Wildman–Crippen LogP) is 6.52. The molecule has 4 saturated carbocycles. The third-order valence-electron chi connectivity index (χ3n) is 10.1. The van der Waals surface area contributed by atoms with Gasteiger partial charge in [0.05, 0.1) is 11.0 Å². The summed E-state index contributed by atoms with van der Waals surface area (Å²) in [5, 5.41) is 21.3. The van der Waals surface area contributed by atoms with Gasteiger partial charge in [-0.05, 0) is 91.9 Å². The molecule has 0 heterocycles. The van der Waals surface area contributed by atoms with Gasteiger partial charge in [0.15, 0.2) is 0 Å². The molecule has 4 fully saturated rings. The highest BCUT2D eigenvalue weighted by Crippen LogP contribution is 2.66. The molecule has 0 radical (unpaired) electrons. The maximum absolute atomic E-state index is 11.1. The molecule has 0 amide bonds. The van der Waals surface area contributed by atoms with Crippen LogP contribution in [0.25, 0.3) is 0 Å². The lowest BCUT2D eigenvalue weighted by Gasteiger charge is -2.60. The van der Waals surface area contributed by atoms with Crippen LogP contribution in [0.1, 0.15) is 83.6 Å². The topological polar surface area (TPSA) is 75.7 Å². The van der Waals surface area contributed by atoms with Crippen LogP contribution in [0.4, 0.5) is 5.69 Å². The minimum absolute atomic E-state index is 0.00671. The van der Waals surface area contributed by atoms with Crippen LogP contribution in [0, 0.1) is 44.6 Å². The van der Waals surface area contributed by atoms with Crippen molar-refractivity contribution in [1.29, 1.82) is 0 Å². The smallest absolute Gasteiger partial charge is 0.270 e. The number of nitro groups is 1. The molecule has 0 spiro atoms. The first-order chi connectivity index (χ1) is 14.8. The Morgan fingerprint density at radius 1 is 1.03 bits per heavy atom. The molecular weight excluding hydrogens is 388 g/mol. The van der Waals surface area contributed by atoms with Crippen LogP contribution in [0.15, 0.2) is 23.2 Å². The third-order valence-corrected chi connectivity index (χ3v) is 10.1. The van der Waals surface area contributed by atoms with E-state index in [4.69, 9.17) is 4.99 Å². The molecule has 1 aromatic rings. The van der Waals surface area contributed by atoms with Crippen molar-refractivity contribution < 1.29 is 10.0 Å². The van der Waals surface area contributed by atoms with E-state index in [1.165, 1.54) is 76.0 Å². The molecule has 0 unspecified atom stereocenters. The van der Waals surface area contributed by atoms with E-state index in [0.29, 0.717) is 11.0 Å². The SMILES string of the molecule is C[C@]12CCCC[C@H]1CC[C@@H]1[C@@H]2CC[C@]2(C)[C@@H](N=Cc3cc([N+](=O)[O-])ccc3O)CC[C@@H]12. The summed E-state index contributed by atoms with van der Waals surface area (Å²) in [5.41, 5.74) is 1.21. The minimum atomic E-state index is -0.423. The Morgan fingerprint density at radius 3 is 2.65 bits per heavy atom. The number of aromatic hydroxyl groups is 1. The fourth-order valence-electron chi connectivity index (χ4n) is 8.44. The Morgan fingerprint density at radius 2 is 1.84 bits per heavy atom. The highest BCUT2D eigenvalue weighted by molar-refractivity contribution is 5.84. The second-order valence-corrected chi connectivity index (χ2v) is 11.3. The first kappa shape index (κ1) is 21.0. The third kappa shape index (κ3) is 3.30. The van der Waals surface area contributed by atoms with Crippen molar-refractivity contribution in [3.05, 3.63) is 33.9 Å². The van der Waals surface area contributed by atoms with Crippen molar-refractivity contribution in [3.8, 4) is 5.75 Å². The quantitative estimate of drug-likeness (QED) is 0.341. The van der Waals surface area contributed by atoms with Crippen molar-refractivity contribution in [1.82, 2.24) is 0 Å². The van der Waals surface area contributed by atoms with Gasteiger partial charge in [0, 0.05) is 23.9 Å². The number of phenolic OH excluding ortho intramolecular Hbond substituents is 1. The van der Waals surface area contributed by atoms with E-state index >= 15 is 0 Å². The van der Waals surface area contributed by atoms with Crippen molar-refractivity contribution >= 4 is 11.9 Å². The van der Waals surface area contributed by atoms with E-state index in [1.807, 2.05) is 0 Å². The molecule has 31 heavy (non-hydrogen) atoms. The van der Waals surface area contributed by atoms with Gasteiger partial charge < -0.3 is 5.11 Å². The summed E-state index contributed by atoms with van der Waals surface area (Å²) in [6, 6.07) is 4.40. The van der Waals surface area contributed by atoms with Crippen molar-refractivity contribution in [2.75, 3.05) is 0 Å². The Kier molecular flexibility index (Phi) is 5.14. The lowest BCUT2D eigenvalue weighted by atomic mass is 9.45. The molecule has 0 aromatic heterocycles. The van der Waals surface area contributed by atoms with Crippen molar-refractivity contribution in [3.63, 3.8) is 0 Å². The summed E-state index contributed by atoms with van der Waals surface area (Å²) in [6.45, 7) is 5.07. The normalized spacial score (nSPS) is 42.1. The summed E-state index contributed by atoms with van der Waals surface area (Å²) < 4.78 is 0. The molecule has 1 aromatic carbocycles. The number of nitrogens with zero attached hydrogens (tertiary/aromatic N) is 2. The molecule has 7 atom stereocenters. The maximum atomic E-state index is 11.1. The molecule has 4 aliphatic carbocycles. The number of hydrogen-bond acceptors (Lipinski definition) is 4. The molecule has 0 aliphatic heterocycles. The predicted molar refractivity (Wildman–Crippen MR) is 122 cm³/mol. The van der Waals surface area contributed by atoms with Crippen LogP contribution in [0.5, 0.6) is 5.75 Å². The van der Waals surface area contributed by atoms with Crippen molar-refractivity contribution in [2.24, 2.45) is 39.5 Å². The number of hydrogen-bond donors (Lipinski definition) is 1. The van der Waals surface area contributed by atoms with Gasteiger partial charge in [-0.2, -0.15) is 0 Å². The molecule has 1 N–H and O–H groups in total. The van der Waals surface area contributed by atoms with Crippen LogP contribution in [-0.2, 0) is 0 Å². The number of rotatable bonds is 3. The Bertz CT molecular complexity index is 899. The van der Waals surface area contributed by atoms with Gasteiger partial charge >= 0.3 is 0 Å². The second kappa shape index (κ2) is 7.60. The van der Waals surface area contributed by atoms with Gasteiger partial charge in [-0.25, -0.2) is 0 Å². The maximum Gasteiger partial charge on any atom is 0.270 e. The second-order valence-electron chi connectivity index (χ2n) is 11.3. The molecule has 5 nitrogen and oxygen atoms in total. The number of fused-ring (bicyclic) bond motifs is 5. The Labute approximate surface area is 185 Å². The van der Waals surface area contributed by atoms with E-state index < -0.39 is 4.92 Å². The lowest BCUT2D eigenvalue weighted by molar-refractivity contribution is -0.384. The van der Waals surface area contributed by atoms with Gasteiger partial charge in [-0.15, -0.1) is 0 Å². The van der Waals surface area contributed by atoms with Crippen LogP contribution in [0.2, 0.25) is 0 Å². The summed E-state index contributed by atoms with van der Waals surface area (Å²) in [5.74, 6) is 3.46. The highest BCUT2D eigenvalue weighted by atomic mass is 16.6. The average Bonchev–Trinajstić information content (AvgIpc) is 3.09. The molecule has 0 saturated heterocycles. The van der Waals surface area contributed by atoms with Crippen LogP contribution in [0.3, 0.4) is 0 Å². The summed E-state index contributed by atoms with van der Waals surface area (Å²) in [6.07, 6.45) is 15.1. The molecule has 168 valence electrons. The molecule has 5 heteroatoms. The first-order valence-electron chi connectivity index (χ1n) is 12.3. The number of aliphatic imine (C=N–C) groups is 1. The van der Waals surface area contributed by atoms with Gasteiger partial charge in [-0.3, -0.25) is 15.1 Å². The Balaban J connectivity index is 1.37. The lowest BCUT2D eigenvalue weighted by Crippen LogP contribution is -2.53. The highest BCUT2D eigenvalue weighted by Gasteiger charge is 2.59. The average molecular weight is 425 g/mol. The van der Waals surface area contributed by atoms with E-state index in [2.05, 4.69) is 13.8 Å². The zero-order chi connectivity index (χ0) is 21.8. The molecule has 5 rings (SSSR count). The van der Waals surface area contributed by atoms with Crippen molar-refractivity contribution in [2.45, 2.75) is 84.1 Å². The first-order valence-corrected chi connectivity index (χ1v) is 12.3. The summed E-state index contributed by atoms with van der Waals surface area (Å²) in [4.78, 5) is 15.6. The zero-order valence-corrected chi connectivity index (χ0v) is 18.9. The van der Waals surface area contributed by atoms with Crippen LogP contribution >= 0.6 is 0 Å². The largest absolute Gasteiger partial charge is 0.507 e. The molecular formula is C26H36N2O3.